The Kier molecular flexibility index (Phi) is 4.52. The van der Waals surface area contributed by atoms with Crippen molar-refractivity contribution in [1.82, 2.24) is 5.32 Å². The Bertz CT molecular complexity index is 476. The maximum absolute atomic E-state index is 11.3. The van der Waals surface area contributed by atoms with Crippen molar-refractivity contribution >= 4 is 18.5 Å². The second kappa shape index (κ2) is 5.57. The molecule has 0 saturated carbocycles. The maximum atomic E-state index is 11.3. The summed E-state index contributed by atoms with van der Waals surface area (Å²) in [5.41, 5.74) is 0.588. The zero-order valence-corrected chi connectivity index (χ0v) is 11.9. The van der Waals surface area contributed by atoms with E-state index in [-0.39, 0.29) is 29.6 Å². The molecule has 0 aromatic heterocycles. The molecule has 0 unspecified atom stereocenters. The number of nitrogens with one attached hydrogen (secondary N) is 1. The molecule has 1 amide bonds. The number of hydrogen-bond acceptors (Lipinski definition) is 4. The highest BCUT2D eigenvalue weighted by Crippen LogP contribution is 2.39. The summed E-state index contributed by atoms with van der Waals surface area (Å²) in [6.07, 6.45) is -0.436. The van der Waals surface area contributed by atoms with Crippen LogP contribution < -0.4 is 10.1 Å². The van der Waals surface area contributed by atoms with Gasteiger partial charge in [0.25, 0.3) is 0 Å². The summed E-state index contributed by atoms with van der Waals surface area (Å²) < 4.78 is 9.98. The normalized spacial score (nSPS) is 20.8. The molecule has 1 fully saturated rings. The molecule has 6 heteroatoms. The summed E-state index contributed by atoms with van der Waals surface area (Å²) in [6, 6.07) is 4.92. The lowest BCUT2D eigenvalue weighted by Gasteiger charge is -2.38. The first-order chi connectivity index (χ1) is 8.44. The lowest BCUT2D eigenvalue weighted by Crippen LogP contribution is -2.46. The van der Waals surface area contributed by atoms with E-state index >= 15 is 0 Å². The molecule has 106 valence electrons. The van der Waals surface area contributed by atoms with Gasteiger partial charge < -0.3 is 19.9 Å². The standard InChI is InChI=1S/C13H17NO4.ClH/c1-13(2)7-18-12(16)14-11(13)8-4-5-10(17-3)9(15)6-8;/h4-6,11,15H,7H2,1-3H3,(H,14,16);1H/t11-;/m1./s1. The predicted molar refractivity (Wildman–Crippen MR) is 72.9 cm³/mol. The van der Waals surface area contributed by atoms with Gasteiger partial charge in [-0.2, -0.15) is 0 Å². The van der Waals surface area contributed by atoms with E-state index in [2.05, 4.69) is 5.32 Å². The van der Waals surface area contributed by atoms with Gasteiger partial charge in [0.2, 0.25) is 0 Å². The minimum Gasteiger partial charge on any atom is -0.504 e. The van der Waals surface area contributed by atoms with E-state index in [1.807, 2.05) is 19.9 Å². The van der Waals surface area contributed by atoms with Gasteiger partial charge in [-0.05, 0) is 17.7 Å². The quantitative estimate of drug-likeness (QED) is 0.877. The van der Waals surface area contributed by atoms with E-state index in [4.69, 9.17) is 9.47 Å². The van der Waals surface area contributed by atoms with Gasteiger partial charge in [-0.15, -0.1) is 12.4 Å². The highest BCUT2D eigenvalue weighted by atomic mass is 35.5. The summed E-state index contributed by atoms with van der Waals surface area (Å²) in [4.78, 5) is 11.3. The first-order valence-electron chi connectivity index (χ1n) is 5.74. The molecular weight excluding hydrogens is 270 g/mol. The molecule has 0 radical (unpaired) electrons. The van der Waals surface area contributed by atoms with Crippen molar-refractivity contribution in [2.45, 2.75) is 19.9 Å². The van der Waals surface area contributed by atoms with Crippen molar-refractivity contribution < 1.29 is 19.4 Å². The molecule has 1 aliphatic rings. The molecule has 2 rings (SSSR count). The third kappa shape index (κ3) is 3.04. The number of phenols is 1. The van der Waals surface area contributed by atoms with Crippen LogP contribution in [0.25, 0.3) is 0 Å². The number of rotatable bonds is 2. The fourth-order valence-electron chi connectivity index (χ4n) is 2.11. The molecule has 5 nitrogen and oxygen atoms in total. The van der Waals surface area contributed by atoms with Gasteiger partial charge in [-0.3, -0.25) is 0 Å². The molecule has 1 aliphatic heterocycles. The molecule has 1 heterocycles. The first-order valence-corrected chi connectivity index (χ1v) is 5.74. The van der Waals surface area contributed by atoms with Gasteiger partial charge in [-0.25, -0.2) is 4.79 Å². The minimum atomic E-state index is -0.436. The van der Waals surface area contributed by atoms with Crippen molar-refractivity contribution in [1.29, 1.82) is 0 Å². The molecule has 1 saturated heterocycles. The van der Waals surface area contributed by atoms with E-state index in [0.29, 0.717) is 12.4 Å². The van der Waals surface area contributed by atoms with Crippen molar-refractivity contribution in [3.63, 3.8) is 0 Å². The molecule has 1 aromatic carbocycles. The average Bonchev–Trinajstić information content (AvgIpc) is 2.32. The molecule has 0 bridgehead atoms. The number of alkyl carbamates (subject to hydrolysis) is 1. The number of hydrogen-bond donors (Lipinski definition) is 2. The number of cyclic esters (lactones) is 1. The fraction of sp³-hybridized carbons (Fsp3) is 0.462. The summed E-state index contributed by atoms with van der Waals surface area (Å²) in [7, 11) is 1.49. The SMILES string of the molecule is COc1ccc([C@H]2NC(=O)OCC2(C)C)cc1O.Cl. The molecule has 1 aromatic rings. The third-order valence-corrected chi connectivity index (χ3v) is 3.16. The van der Waals surface area contributed by atoms with Crippen LogP contribution in [-0.2, 0) is 4.74 Å². The highest BCUT2D eigenvalue weighted by Gasteiger charge is 2.38. The monoisotopic (exact) mass is 287 g/mol. The largest absolute Gasteiger partial charge is 0.504 e. The van der Waals surface area contributed by atoms with Gasteiger partial charge in [0.05, 0.1) is 13.2 Å². The van der Waals surface area contributed by atoms with Crippen LogP contribution in [0.1, 0.15) is 25.5 Å². The summed E-state index contributed by atoms with van der Waals surface area (Å²) in [5, 5.41) is 12.6. The highest BCUT2D eigenvalue weighted by molar-refractivity contribution is 5.85. The Morgan fingerprint density at radius 1 is 1.47 bits per heavy atom. The Morgan fingerprint density at radius 3 is 2.74 bits per heavy atom. The topological polar surface area (TPSA) is 67.8 Å². The van der Waals surface area contributed by atoms with E-state index in [0.717, 1.165) is 5.56 Å². The average molecular weight is 288 g/mol. The Labute approximate surface area is 118 Å². The predicted octanol–water partition coefficient (Wildman–Crippen LogP) is 2.63. The molecule has 19 heavy (non-hydrogen) atoms. The van der Waals surface area contributed by atoms with Crippen LogP contribution in [0, 0.1) is 5.41 Å². The van der Waals surface area contributed by atoms with Crippen LogP contribution in [0.15, 0.2) is 18.2 Å². The van der Waals surface area contributed by atoms with Crippen molar-refractivity contribution in [3.05, 3.63) is 23.8 Å². The Balaban J connectivity index is 0.00000180. The number of phenolic OH excluding ortho intramolecular Hbond substituents is 1. The van der Waals surface area contributed by atoms with Crippen LogP contribution in [0.4, 0.5) is 4.79 Å². The summed E-state index contributed by atoms with van der Waals surface area (Å²) in [5.74, 6) is 0.474. The fourth-order valence-corrected chi connectivity index (χ4v) is 2.11. The van der Waals surface area contributed by atoms with E-state index in [9.17, 15) is 9.90 Å². The number of amides is 1. The first kappa shape index (κ1) is 15.4. The van der Waals surface area contributed by atoms with Crippen molar-refractivity contribution in [3.8, 4) is 11.5 Å². The summed E-state index contributed by atoms with van der Waals surface area (Å²) >= 11 is 0. The number of carbonyl (C=O) groups is 1. The van der Waals surface area contributed by atoms with Crippen LogP contribution in [-0.4, -0.2) is 24.9 Å². The van der Waals surface area contributed by atoms with Crippen molar-refractivity contribution in [2.24, 2.45) is 5.41 Å². The molecule has 1 atom stereocenters. The zero-order valence-electron chi connectivity index (χ0n) is 11.1. The molecule has 2 N–H and O–H groups in total. The van der Waals surface area contributed by atoms with E-state index in [1.165, 1.54) is 7.11 Å². The van der Waals surface area contributed by atoms with Crippen LogP contribution in [0.2, 0.25) is 0 Å². The number of carbonyl (C=O) groups excluding carboxylic acids is 1. The van der Waals surface area contributed by atoms with Crippen molar-refractivity contribution in [2.75, 3.05) is 13.7 Å². The number of halogens is 1. The van der Waals surface area contributed by atoms with Gasteiger partial charge >= 0.3 is 6.09 Å². The van der Waals surface area contributed by atoms with E-state index in [1.54, 1.807) is 12.1 Å². The second-order valence-corrected chi connectivity index (χ2v) is 5.07. The minimum absolute atomic E-state index is 0. The summed E-state index contributed by atoms with van der Waals surface area (Å²) in [6.45, 7) is 4.34. The number of benzene rings is 1. The smallest absolute Gasteiger partial charge is 0.407 e. The maximum Gasteiger partial charge on any atom is 0.407 e. The van der Waals surface area contributed by atoms with Gasteiger partial charge in [-0.1, -0.05) is 19.9 Å². The third-order valence-electron chi connectivity index (χ3n) is 3.16. The Hall–Kier alpha value is -1.62. The lowest BCUT2D eigenvalue weighted by atomic mass is 9.80. The Morgan fingerprint density at radius 2 is 2.16 bits per heavy atom. The number of ether oxygens (including phenoxy) is 2. The number of methoxy groups -OCH3 is 1. The van der Waals surface area contributed by atoms with E-state index < -0.39 is 6.09 Å². The number of aromatic hydroxyl groups is 1. The second-order valence-electron chi connectivity index (χ2n) is 5.07. The molecule has 0 aliphatic carbocycles. The molecular formula is C13H18ClNO4. The van der Waals surface area contributed by atoms with Gasteiger partial charge in [0.15, 0.2) is 11.5 Å². The van der Waals surface area contributed by atoms with Gasteiger partial charge in [0.1, 0.15) is 6.61 Å². The molecule has 0 spiro atoms. The van der Waals surface area contributed by atoms with Crippen LogP contribution >= 0.6 is 12.4 Å². The zero-order chi connectivity index (χ0) is 13.3. The lowest BCUT2D eigenvalue weighted by molar-refractivity contribution is 0.0386. The van der Waals surface area contributed by atoms with Gasteiger partial charge in [0, 0.05) is 5.41 Å². The van der Waals surface area contributed by atoms with Crippen LogP contribution in [0.3, 0.4) is 0 Å². The van der Waals surface area contributed by atoms with Crippen LogP contribution in [0.5, 0.6) is 11.5 Å².